The molecule has 4 rings (SSSR count). The predicted octanol–water partition coefficient (Wildman–Crippen LogP) is 3.73. The van der Waals surface area contributed by atoms with Crippen LogP contribution in [-0.2, 0) is 11.2 Å². The van der Waals surface area contributed by atoms with Gasteiger partial charge in [-0.2, -0.15) is 0 Å². The van der Waals surface area contributed by atoms with E-state index in [0.29, 0.717) is 16.5 Å². The van der Waals surface area contributed by atoms with E-state index in [1.54, 1.807) is 6.07 Å². The first kappa shape index (κ1) is 19.2. The summed E-state index contributed by atoms with van der Waals surface area (Å²) in [6, 6.07) is 12.7. The van der Waals surface area contributed by atoms with Crippen molar-refractivity contribution in [1.29, 1.82) is 0 Å². The van der Waals surface area contributed by atoms with Gasteiger partial charge in [-0.05, 0) is 42.7 Å². The van der Waals surface area contributed by atoms with Crippen LogP contribution in [0.1, 0.15) is 24.0 Å². The summed E-state index contributed by atoms with van der Waals surface area (Å²) in [6.07, 6.45) is 2.22. The fourth-order valence-electron chi connectivity index (χ4n) is 3.68. The van der Waals surface area contributed by atoms with Gasteiger partial charge >= 0.3 is 0 Å². The minimum atomic E-state index is -0.573. The predicted molar refractivity (Wildman–Crippen MR) is 114 cm³/mol. The minimum absolute atomic E-state index is 0.146. The maximum Gasteiger partial charge on any atom is 0.249 e. The smallest absolute Gasteiger partial charge is 0.249 e. The van der Waals surface area contributed by atoms with Gasteiger partial charge in [-0.15, -0.1) is 0 Å². The van der Waals surface area contributed by atoms with Gasteiger partial charge in [-0.1, -0.05) is 41.4 Å². The number of hydrogen-bond acceptors (Lipinski definition) is 4. The average Bonchev–Trinajstić information content (AvgIpc) is 2.81. The zero-order valence-electron chi connectivity index (χ0n) is 15.4. The van der Waals surface area contributed by atoms with Crippen molar-refractivity contribution in [2.45, 2.75) is 31.3 Å². The lowest BCUT2D eigenvalue weighted by molar-refractivity contribution is -0.117. The quantitative estimate of drug-likeness (QED) is 0.783. The van der Waals surface area contributed by atoms with E-state index in [9.17, 15) is 4.79 Å². The molecule has 0 aromatic heterocycles. The number of anilines is 1. The normalized spacial score (nSPS) is 20.2. The number of piperidine rings is 1. The van der Waals surface area contributed by atoms with Gasteiger partial charge in [0.1, 0.15) is 11.9 Å². The number of amides is 1. The monoisotopic (exact) mass is 416 g/mol. The fraction of sp³-hybridized carbons (Fsp3) is 0.333. The molecule has 1 atom stereocenters. The van der Waals surface area contributed by atoms with Crippen molar-refractivity contribution >= 4 is 40.6 Å². The standard InChI is InChI=1S/C21H22Cl2N4O/c22-14-5-6-18-16(12-14)20(27-9-7-15(24)8-10-27)25-19(21(28)26-18)11-13-3-1-2-4-17(13)23/h1-6,12,15,19H,7-11,24H2,(H,26,28). The van der Waals surface area contributed by atoms with Crippen LogP contribution in [-0.4, -0.2) is 41.8 Å². The summed E-state index contributed by atoms with van der Waals surface area (Å²) in [4.78, 5) is 20.0. The zero-order chi connectivity index (χ0) is 19.7. The molecule has 0 spiro atoms. The Morgan fingerprint density at radius 2 is 1.89 bits per heavy atom. The van der Waals surface area contributed by atoms with Crippen LogP contribution in [0.4, 0.5) is 5.69 Å². The maximum absolute atomic E-state index is 12.9. The molecule has 146 valence electrons. The zero-order valence-corrected chi connectivity index (χ0v) is 16.9. The van der Waals surface area contributed by atoms with E-state index >= 15 is 0 Å². The van der Waals surface area contributed by atoms with Gasteiger partial charge in [-0.25, -0.2) is 0 Å². The minimum Gasteiger partial charge on any atom is -0.356 e. The number of nitrogens with zero attached hydrogens (tertiary/aromatic N) is 2. The Kier molecular flexibility index (Phi) is 5.58. The fourth-order valence-corrected chi connectivity index (χ4v) is 4.06. The van der Waals surface area contributed by atoms with Crippen molar-refractivity contribution in [3.8, 4) is 0 Å². The van der Waals surface area contributed by atoms with E-state index < -0.39 is 6.04 Å². The molecular formula is C21H22Cl2N4O. The van der Waals surface area contributed by atoms with Crippen LogP contribution in [0.5, 0.6) is 0 Å². The van der Waals surface area contributed by atoms with Gasteiger partial charge in [0.25, 0.3) is 0 Å². The number of amidine groups is 1. The SMILES string of the molecule is NC1CCN(C2=NC(Cc3ccccc3Cl)C(=O)Nc3ccc(Cl)cc32)CC1. The molecule has 2 heterocycles. The summed E-state index contributed by atoms with van der Waals surface area (Å²) in [6.45, 7) is 1.61. The van der Waals surface area contributed by atoms with Crippen molar-refractivity contribution in [2.24, 2.45) is 10.7 Å². The Hall–Kier alpha value is -2.08. The summed E-state index contributed by atoms with van der Waals surface area (Å²) in [5.74, 6) is 0.645. The van der Waals surface area contributed by atoms with Crippen LogP contribution < -0.4 is 11.1 Å². The number of hydrogen-bond donors (Lipinski definition) is 2. The van der Waals surface area contributed by atoms with Crippen molar-refractivity contribution in [3.63, 3.8) is 0 Å². The lowest BCUT2D eigenvalue weighted by Gasteiger charge is -2.33. The molecule has 2 aliphatic rings. The van der Waals surface area contributed by atoms with Crippen LogP contribution in [0, 0.1) is 0 Å². The summed E-state index contributed by atoms with van der Waals surface area (Å²) in [7, 11) is 0. The first-order valence-electron chi connectivity index (χ1n) is 9.44. The maximum atomic E-state index is 12.9. The molecule has 1 amide bonds. The molecule has 0 aliphatic carbocycles. The van der Waals surface area contributed by atoms with E-state index in [4.69, 9.17) is 33.9 Å². The molecule has 1 unspecified atom stereocenters. The lowest BCUT2D eigenvalue weighted by Crippen LogP contribution is -2.43. The first-order chi connectivity index (χ1) is 13.5. The number of aliphatic imine (C=N–C) groups is 1. The van der Waals surface area contributed by atoms with Gasteiger partial charge in [0.05, 0.1) is 5.69 Å². The number of fused-ring (bicyclic) bond motifs is 1. The van der Waals surface area contributed by atoms with E-state index in [2.05, 4.69) is 10.2 Å². The number of benzene rings is 2. The molecule has 3 N–H and O–H groups in total. The van der Waals surface area contributed by atoms with Crippen molar-refractivity contribution in [2.75, 3.05) is 18.4 Å². The van der Waals surface area contributed by atoms with E-state index in [-0.39, 0.29) is 11.9 Å². The molecule has 5 nitrogen and oxygen atoms in total. The molecule has 2 aliphatic heterocycles. The number of rotatable bonds is 2. The molecular weight excluding hydrogens is 395 g/mol. The van der Waals surface area contributed by atoms with Crippen molar-refractivity contribution in [3.05, 3.63) is 63.6 Å². The second-order valence-electron chi connectivity index (χ2n) is 7.27. The molecule has 0 saturated carbocycles. The molecule has 0 bridgehead atoms. The third kappa shape index (κ3) is 4.02. The summed E-state index contributed by atoms with van der Waals surface area (Å²) < 4.78 is 0. The molecule has 7 heteroatoms. The first-order valence-corrected chi connectivity index (χ1v) is 10.2. The number of likely N-dealkylation sites (tertiary alicyclic amines) is 1. The Labute approximate surface area is 174 Å². The van der Waals surface area contributed by atoms with Gasteiger partial charge in [0.15, 0.2) is 0 Å². The van der Waals surface area contributed by atoms with Crippen molar-refractivity contribution in [1.82, 2.24) is 4.90 Å². The molecule has 1 fully saturated rings. The molecule has 1 saturated heterocycles. The number of carbonyl (C=O) groups excluding carboxylic acids is 1. The highest BCUT2D eigenvalue weighted by Crippen LogP contribution is 2.28. The highest BCUT2D eigenvalue weighted by molar-refractivity contribution is 6.31. The van der Waals surface area contributed by atoms with Crippen LogP contribution in [0.25, 0.3) is 0 Å². The highest BCUT2D eigenvalue weighted by atomic mass is 35.5. The highest BCUT2D eigenvalue weighted by Gasteiger charge is 2.30. The van der Waals surface area contributed by atoms with Crippen LogP contribution in [0.15, 0.2) is 47.5 Å². The van der Waals surface area contributed by atoms with E-state index in [1.807, 2.05) is 36.4 Å². The average molecular weight is 417 g/mol. The Morgan fingerprint density at radius 1 is 1.14 bits per heavy atom. The largest absolute Gasteiger partial charge is 0.356 e. The number of benzodiazepines with no additional fused rings is 1. The second-order valence-corrected chi connectivity index (χ2v) is 8.11. The second kappa shape index (κ2) is 8.11. The lowest BCUT2D eigenvalue weighted by atomic mass is 10.0. The van der Waals surface area contributed by atoms with Gasteiger partial charge < -0.3 is 16.0 Å². The Bertz CT molecular complexity index is 922. The number of nitrogens with one attached hydrogen (secondary N) is 1. The molecule has 2 aromatic carbocycles. The molecule has 2 aromatic rings. The number of nitrogens with two attached hydrogens (primary N) is 1. The topological polar surface area (TPSA) is 70.7 Å². The third-order valence-corrected chi connectivity index (χ3v) is 5.88. The summed E-state index contributed by atoms with van der Waals surface area (Å²) in [5.41, 5.74) is 8.55. The van der Waals surface area contributed by atoms with E-state index in [0.717, 1.165) is 48.6 Å². The van der Waals surface area contributed by atoms with Crippen LogP contribution >= 0.6 is 23.2 Å². The molecule has 0 radical (unpaired) electrons. The Balaban J connectivity index is 1.74. The van der Waals surface area contributed by atoms with E-state index in [1.165, 1.54) is 0 Å². The number of carbonyl (C=O) groups is 1. The van der Waals surface area contributed by atoms with Gasteiger partial charge in [0.2, 0.25) is 5.91 Å². The Morgan fingerprint density at radius 3 is 2.64 bits per heavy atom. The van der Waals surface area contributed by atoms with Crippen LogP contribution in [0.3, 0.4) is 0 Å². The third-order valence-electron chi connectivity index (χ3n) is 5.27. The van der Waals surface area contributed by atoms with Crippen molar-refractivity contribution < 1.29 is 4.79 Å². The van der Waals surface area contributed by atoms with Crippen LogP contribution in [0.2, 0.25) is 10.0 Å². The molecule has 28 heavy (non-hydrogen) atoms. The summed E-state index contributed by atoms with van der Waals surface area (Å²) in [5, 5.41) is 4.26. The summed E-state index contributed by atoms with van der Waals surface area (Å²) >= 11 is 12.6. The number of halogens is 2. The van der Waals surface area contributed by atoms with Gasteiger partial charge in [-0.3, -0.25) is 9.79 Å². The van der Waals surface area contributed by atoms with Gasteiger partial charge in [0, 0.05) is 41.2 Å².